The summed E-state index contributed by atoms with van der Waals surface area (Å²) in [6, 6.07) is 9.64. The van der Waals surface area contributed by atoms with Gasteiger partial charge >= 0.3 is 5.97 Å². The Kier molecular flexibility index (Phi) is 8.49. The van der Waals surface area contributed by atoms with Crippen molar-refractivity contribution in [2.24, 2.45) is 10.9 Å². The Balaban J connectivity index is 2.35. The summed E-state index contributed by atoms with van der Waals surface area (Å²) in [5, 5.41) is 6.29. The number of benzene rings is 1. The summed E-state index contributed by atoms with van der Waals surface area (Å²) in [5.74, 6) is 0.980. The molecule has 0 amide bonds. The smallest absolute Gasteiger partial charge is 0.310 e. The third-order valence-corrected chi connectivity index (χ3v) is 2.88. The molecule has 1 atom stereocenters. The normalized spacial score (nSPS) is 12.4. The second-order valence-electron chi connectivity index (χ2n) is 4.73. The molecule has 22 heavy (non-hydrogen) atoms. The number of nitrogens with one attached hydrogen (secondary N) is 2. The van der Waals surface area contributed by atoms with Crippen molar-refractivity contribution in [2.45, 2.75) is 13.8 Å². The Labute approximate surface area is 131 Å². The number of hydrogen-bond acceptors (Lipinski definition) is 4. The molecule has 0 saturated heterocycles. The number of ether oxygens (including phenoxy) is 2. The number of carbonyl (C=O) groups excluding carboxylic acids is 1. The van der Waals surface area contributed by atoms with E-state index in [2.05, 4.69) is 20.4 Å². The Morgan fingerprint density at radius 2 is 2.00 bits per heavy atom. The molecule has 0 aromatic heterocycles. The summed E-state index contributed by atoms with van der Waals surface area (Å²) in [6.07, 6.45) is 0. The minimum absolute atomic E-state index is 0.257. The third-order valence-electron chi connectivity index (χ3n) is 2.88. The Hall–Kier alpha value is -2.24. The fraction of sp³-hybridized carbons (Fsp3) is 0.500. The van der Waals surface area contributed by atoms with E-state index in [1.165, 1.54) is 7.11 Å². The number of esters is 1. The Morgan fingerprint density at radius 3 is 2.64 bits per heavy atom. The summed E-state index contributed by atoms with van der Waals surface area (Å²) in [6.45, 7) is 6.05. The number of rotatable bonds is 8. The molecular formula is C16H25N3O3. The van der Waals surface area contributed by atoms with Crippen LogP contribution in [0.5, 0.6) is 5.75 Å². The summed E-state index contributed by atoms with van der Waals surface area (Å²) < 4.78 is 10.3. The molecule has 0 fully saturated rings. The van der Waals surface area contributed by atoms with Gasteiger partial charge in [-0.1, -0.05) is 25.1 Å². The molecule has 1 rings (SSSR count). The van der Waals surface area contributed by atoms with Crippen LogP contribution in [-0.2, 0) is 9.53 Å². The van der Waals surface area contributed by atoms with Gasteiger partial charge in [0.25, 0.3) is 0 Å². The number of aliphatic imine (C=N–C) groups is 1. The monoisotopic (exact) mass is 307 g/mol. The minimum Gasteiger partial charge on any atom is -0.492 e. The van der Waals surface area contributed by atoms with Gasteiger partial charge in [-0.2, -0.15) is 0 Å². The number of carbonyl (C=O) groups is 1. The van der Waals surface area contributed by atoms with Crippen molar-refractivity contribution in [3.8, 4) is 5.75 Å². The number of para-hydroxylation sites is 1. The van der Waals surface area contributed by atoms with Gasteiger partial charge in [0, 0.05) is 6.54 Å². The van der Waals surface area contributed by atoms with Crippen molar-refractivity contribution in [1.29, 1.82) is 0 Å². The quantitative estimate of drug-likeness (QED) is 0.329. The number of nitrogens with zero attached hydrogens (tertiary/aromatic N) is 1. The molecule has 1 unspecified atom stereocenters. The molecule has 0 spiro atoms. The second kappa shape index (κ2) is 10.5. The van der Waals surface area contributed by atoms with E-state index < -0.39 is 0 Å². The van der Waals surface area contributed by atoms with Gasteiger partial charge in [-0.15, -0.1) is 0 Å². The first-order valence-corrected chi connectivity index (χ1v) is 7.45. The zero-order valence-electron chi connectivity index (χ0n) is 13.5. The van der Waals surface area contributed by atoms with Crippen LogP contribution in [0.3, 0.4) is 0 Å². The summed E-state index contributed by atoms with van der Waals surface area (Å²) in [4.78, 5) is 15.7. The van der Waals surface area contributed by atoms with E-state index in [4.69, 9.17) is 4.74 Å². The molecule has 0 aliphatic rings. The minimum atomic E-state index is -0.263. The molecule has 0 saturated carbocycles. The van der Waals surface area contributed by atoms with E-state index in [1.54, 1.807) is 6.92 Å². The largest absolute Gasteiger partial charge is 0.492 e. The Morgan fingerprint density at radius 1 is 1.27 bits per heavy atom. The van der Waals surface area contributed by atoms with Gasteiger partial charge in [0.2, 0.25) is 0 Å². The van der Waals surface area contributed by atoms with E-state index >= 15 is 0 Å². The van der Waals surface area contributed by atoms with Crippen LogP contribution in [0.1, 0.15) is 13.8 Å². The van der Waals surface area contributed by atoms with Crippen LogP contribution in [0, 0.1) is 5.92 Å². The molecular weight excluding hydrogens is 282 g/mol. The molecule has 0 radical (unpaired) electrons. The lowest BCUT2D eigenvalue weighted by molar-refractivity contribution is -0.144. The zero-order chi connectivity index (χ0) is 16.2. The van der Waals surface area contributed by atoms with E-state index in [0.717, 1.165) is 12.3 Å². The van der Waals surface area contributed by atoms with E-state index in [1.807, 2.05) is 37.3 Å². The molecule has 1 aromatic carbocycles. The van der Waals surface area contributed by atoms with Gasteiger partial charge in [0.05, 0.1) is 26.1 Å². The maximum atomic E-state index is 11.3. The highest BCUT2D eigenvalue weighted by molar-refractivity contribution is 5.80. The van der Waals surface area contributed by atoms with E-state index in [0.29, 0.717) is 25.7 Å². The fourth-order valence-electron chi connectivity index (χ4n) is 1.70. The van der Waals surface area contributed by atoms with Crippen LogP contribution in [0.2, 0.25) is 0 Å². The third kappa shape index (κ3) is 6.97. The molecule has 6 nitrogen and oxygen atoms in total. The van der Waals surface area contributed by atoms with Crippen molar-refractivity contribution in [2.75, 3.05) is 33.4 Å². The van der Waals surface area contributed by atoms with Gasteiger partial charge in [-0.3, -0.25) is 9.79 Å². The van der Waals surface area contributed by atoms with Gasteiger partial charge in [-0.05, 0) is 19.1 Å². The highest BCUT2D eigenvalue weighted by Gasteiger charge is 2.12. The van der Waals surface area contributed by atoms with Crippen LogP contribution in [0.4, 0.5) is 0 Å². The molecule has 0 bridgehead atoms. The van der Waals surface area contributed by atoms with Crippen molar-refractivity contribution < 1.29 is 14.3 Å². The Bertz CT molecular complexity index is 463. The van der Waals surface area contributed by atoms with Crippen molar-refractivity contribution in [3.05, 3.63) is 30.3 Å². The van der Waals surface area contributed by atoms with Crippen LogP contribution < -0.4 is 15.4 Å². The standard InChI is InChI=1S/C16H25N3O3/c1-4-17-16(19-12-13(2)15(20)21-3)18-10-11-22-14-8-6-5-7-9-14/h5-9,13H,4,10-12H2,1-3H3,(H2,17,18,19). The first-order chi connectivity index (χ1) is 10.7. The SMILES string of the molecule is CCNC(=NCC(C)C(=O)OC)NCCOc1ccccc1. The van der Waals surface area contributed by atoms with Crippen LogP contribution in [-0.4, -0.2) is 45.3 Å². The molecule has 6 heteroatoms. The van der Waals surface area contributed by atoms with Gasteiger partial charge in [0.15, 0.2) is 5.96 Å². The second-order valence-corrected chi connectivity index (χ2v) is 4.73. The summed E-state index contributed by atoms with van der Waals surface area (Å²) >= 11 is 0. The lowest BCUT2D eigenvalue weighted by Crippen LogP contribution is -2.39. The predicted octanol–water partition coefficient (Wildman–Crippen LogP) is 1.43. The first kappa shape index (κ1) is 17.8. The van der Waals surface area contributed by atoms with E-state index in [-0.39, 0.29) is 11.9 Å². The average Bonchev–Trinajstić information content (AvgIpc) is 2.56. The van der Waals surface area contributed by atoms with Crippen LogP contribution >= 0.6 is 0 Å². The molecule has 2 N–H and O–H groups in total. The maximum absolute atomic E-state index is 11.3. The predicted molar refractivity (Wildman–Crippen MR) is 87.1 cm³/mol. The highest BCUT2D eigenvalue weighted by atomic mass is 16.5. The lowest BCUT2D eigenvalue weighted by atomic mass is 10.2. The summed E-state index contributed by atoms with van der Waals surface area (Å²) in [5.41, 5.74) is 0. The zero-order valence-corrected chi connectivity index (χ0v) is 13.5. The molecule has 0 heterocycles. The van der Waals surface area contributed by atoms with Crippen molar-refractivity contribution >= 4 is 11.9 Å². The summed E-state index contributed by atoms with van der Waals surface area (Å²) in [7, 11) is 1.38. The molecule has 0 aliphatic heterocycles. The highest BCUT2D eigenvalue weighted by Crippen LogP contribution is 2.07. The van der Waals surface area contributed by atoms with Gasteiger partial charge in [0.1, 0.15) is 12.4 Å². The van der Waals surface area contributed by atoms with Gasteiger partial charge in [-0.25, -0.2) is 0 Å². The van der Waals surface area contributed by atoms with Crippen LogP contribution in [0.15, 0.2) is 35.3 Å². The molecule has 0 aliphatic carbocycles. The van der Waals surface area contributed by atoms with E-state index in [9.17, 15) is 4.79 Å². The average molecular weight is 307 g/mol. The first-order valence-electron chi connectivity index (χ1n) is 7.45. The van der Waals surface area contributed by atoms with Crippen molar-refractivity contribution in [3.63, 3.8) is 0 Å². The topological polar surface area (TPSA) is 72.0 Å². The number of methoxy groups -OCH3 is 1. The van der Waals surface area contributed by atoms with Crippen LogP contribution in [0.25, 0.3) is 0 Å². The van der Waals surface area contributed by atoms with Gasteiger partial charge < -0.3 is 20.1 Å². The maximum Gasteiger partial charge on any atom is 0.310 e. The lowest BCUT2D eigenvalue weighted by Gasteiger charge is -2.13. The fourth-order valence-corrected chi connectivity index (χ4v) is 1.70. The van der Waals surface area contributed by atoms with Crippen molar-refractivity contribution in [1.82, 2.24) is 10.6 Å². The number of hydrogen-bond donors (Lipinski definition) is 2. The molecule has 1 aromatic rings. The molecule has 122 valence electrons. The number of guanidine groups is 1.